The van der Waals surface area contributed by atoms with Gasteiger partial charge in [0.05, 0.1) is 13.2 Å². The fraction of sp³-hybridized carbons (Fsp3) is 0.429. The van der Waals surface area contributed by atoms with E-state index < -0.39 is 5.97 Å². The van der Waals surface area contributed by atoms with Crippen LogP contribution in [0.5, 0.6) is 5.75 Å². The molecule has 0 radical (unpaired) electrons. The van der Waals surface area contributed by atoms with Gasteiger partial charge in [0.1, 0.15) is 11.3 Å². The van der Waals surface area contributed by atoms with Crippen LogP contribution in [-0.4, -0.2) is 63.1 Å². The van der Waals surface area contributed by atoms with E-state index in [0.717, 1.165) is 18.5 Å². The normalized spacial score (nSPS) is 10.0. The van der Waals surface area contributed by atoms with Gasteiger partial charge in [0.25, 0.3) is 0 Å². The molecule has 0 aliphatic rings. The zero-order chi connectivity index (χ0) is 28.0. The Hall–Kier alpha value is -4.08. The number of benzene rings is 1. The van der Waals surface area contributed by atoms with E-state index >= 15 is 0 Å². The van der Waals surface area contributed by atoms with Gasteiger partial charge in [-0.05, 0) is 68.9 Å². The summed E-state index contributed by atoms with van der Waals surface area (Å²) in [6, 6.07) is 5.22. The first-order valence-corrected chi connectivity index (χ1v) is 12.8. The molecule has 4 N–H and O–H groups in total. The highest BCUT2D eigenvalue weighted by Gasteiger charge is 2.15. The third-order valence-electron chi connectivity index (χ3n) is 5.22. The molecule has 0 aliphatic carbocycles. The Bertz CT molecular complexity index is 947. The van der Waals surface area contributed by atoms with Crippen LogP contribution in [0.4, 0.5) is 5.69 Å². The Morgan fingerprint density at radius 3 is 1.74 bits per heavy atom. The van der Waals surface area contributed by atoms with Gasteiger partial charge in [-0.15, -0.1) is 0 Å². The van der Waals surface area contributed by atoms with Crippen molar-refractivity contribution in [3.05, 3.63) is 61.7 Å². The highest BCUT2D eigenvalue weighted by molar-refractivity contribution is 5.93. The first-order chi connectivity index (χ1) is 18.4. The van der Waals surface area contributed by atoms with Gasteiger partial charge in [-0.1, -0.05) is 19.7 Å². The molecule has 0 spiro atoms. The van der Waals surface area contributed by atoms with Crippen LogP contribution >= 0.6 is 0 Å². The zero-order valence-corrected chi connectivity index (χ0v) is 22.0. The summed E-state index contributed by atoms with van der Waals surface area (Å²) in [7, 11) is 0. The number of anilines is 1. The van der Waals surface area contributed by atoms with E-state index in [1.54, 1.807) is 18.2 Å². The Morgan fingerprint density at radius 2 is 1.18 bits per heavy atom. The number of hydrogen-bond acceptors (Lipinski definition) is 7. The second-order valence-electron chi connectivity index (χ2n) is 8.23. The van der Waals surface area contributed by atoms with Gasteiger partial charge in [0.15, 0.2) is 0 Å². The fourth-order valence-corrected chi connectivity index (χ4v) is 3.13. The predicted octanol–water partition coefficient (Wildman–Crippen LogP) is 2.88. The Labute approximate surface area is 224 Å². The predicted molar refractivity (Wildman–Crippen MR) is 148 cm³/mol. The summed E-state index contributed by atoms with van der Waals surface area (Å²) in [5.41, 5.74) is 1.12. The summed E-state index contributed by atoms with van der Waals surface area (Å²) in [5, 5.41) is 11.4. The SMILES string of the molecule is C=CC(=O)NCCCCNc1ccc(C(=O)OCCCCNC(=O)C=C)c(OCCCCNC(=O)C=C)c1. The van der Waals surface area contributed by atoms with Crippen molar-refractivity contribution in [2.24, 2.45) is 0 Å². The maximum atomic E-state index is 12.7. The van der Waals surface area contributed by atoms with Crippen molar-refractivity contribution in [1.82, 2.24) is 16.0 Å². The molecule has 0 saturated heterocycles. The van der Waals surface area contributed by atoms with Crippen LogP contribution in [0.1, 0.15) is 48.9 Å². The molecule has 1 aromatic rings. The first-order valence-electron chi connectivity index (χ1n) is 12.8. The summed E-state index contributed by atoms with van der Waals surface area (Å²) in [5.74, 6) is -0.727. The molecule has 0 bridgehead atoms. The smallest absolute Gasteiger partial charge is 0.341 e. The van der Waals surface area contributed by atoms with Gasteiger partial charge in [-0.25, -0.2) is 4.79 Å². The minimum absolute atomic E-state index is 0.190. The molecular formula is C28H40N4O6. The Kier molecular flexibility index (Phi) is 16.8. The van der Waals surface area contributed by atoms with Gasteiger partial charge in [-0.3, -0.25) is 14.4 Å². The lowest BCUT2D eigenvalue weighted by Crippen LogP contribution is -2.22. The summed E-state index contributed by atoms with van der Waals surface area (Å²) in [6.45, 7) is 13.0. The molecule has 0 aliphatic heterocycles. The average Bonchev–Trinajstić information content (AvgIpc) is 2.93. The lowest BCUT2D eigenvalue weighted by atomic mass is 10.1. The molecule has 3 amide bonds. The van der Waals surface area contributed by atoms with E-state index in [2.05, 4.69) is 41.0 Å². The summed E-state index contributed by atoms with van der Waals surface area (Å²) in [4.78, 5) is 46.3. The second-order valence-corrected chi connectivity index (χ2v) is 8.23. The van der Waals surface area contributed by atoms with Gasteiger partial charge >= 0.3 is 5.97 Å². The van der Waals surface area contributed by atoms with Crippen molar-refractivity contribution in [3.63, 3.8) is 0 Å². The topological polar surface area (TPSA) is 135 Å². The van der Waals surface area contributed by atoms with Crippen LogP contribution in [0.3, 0.4) is 0 Å². The molecular weight excluding hydrogens is 488 g/mol. The second kappa shape index (κ2) is 20.0. The molecule has 0 fully saturated rings. The standard InChI is InChI=1S/C28H40N4O6/c1-4-25(33)30-16-8-7-15-29-22-13-14-23(28(36)38-20-12-10-18-32-27(35)6-3)24(21-22)37-19-11-9-17-31-26(34)5-2/h4-6,13-14,21,29H,1-3,7-12,15-20H2,(H,30,33)(H,31,34)(H,32,35). The van der Waals surface area contributed by atoms with Crippen molar-refractivity contribution in [2.75, 3.05) is 44.7 Å². The lowest BCUT2D eigenvalue weighted by molar-refractivity contribution is -0.117. The van der Waals surface area contributed by atoms with Gasteiger partial charge < -0.3 is 30.7 Å². The minimum atomic E-state index is -0.488. The lowest BCUT2D eigenvalue weighted by Gasteiger charge is -2.14. The van der Waals surface area contributed by atoms with Crippen molar-refractivity contribution in [3.8, 4) is 5.75 Å². The van der Waals surface area contributed by atoms with Crippen LogP contribution in [0.2, 0.25) is 0 Å². The van der Waals surface area contributed by atoms with E-state index in [9.17, 15) is 19.2 Å². The van der Waals surface area contributed by atoms with Crippen molar-refractivity contribution in [2.45, 2.75) is 38.5 Å². The molecule has 0 unspecified atom stereocenters. The van der Waals surface area contributed by atoms with Crippen LogP contribution in [0.15, 0.2) is 56.2 Å². The largest absolute Gasteiger partial charge is 0.493 e. The third kappa shape index (κ3) is 14.5. The molecule has 0 heterocycles. The molecule has 10 nitrogen and oxygen atoms in total. The highest BCUT2D eigenvalue weighted by atomic mass is 16.5. The van der Waals surface area contributed by atoms with Crippen molar-refractivity contribution < 1.29 is 28.7 Å². The van der Waals surface area contributed by atoms with E-state index in [-0.39, 0.29) is 24.3 Å². The number of unbranched alkanes of at least 4 members (excludes halogenated alkanes) is 3. The molecule has 208 valence electrons. The molecule has 1 aromatic carbocycles. The number of hydrogen-bond donors (Lipinski definition) is 4. The van der Waals surface area contributed by atoms with E-state index in [0.29, 0.717) is 69.8 Å². The number of esters is 1. The number of ether oxygens (including phenoxy) is 2. The summed E-state index contributed by atoms with van der Waals surface area (Å²) >= 11 is 0. The van der Waals surface area contributed by atoms with Gasteiger partial charge in [0.2, 0.25) is 17.7 Å². The van der Waals surface area contributed by atoms with Crippen LogP contribution in [0, 0.1) is 0 Å². The van der Waals surface area contributed by atoms with E-state index in [1.165, 1.54) is 18.2 Å². The number of amides is 3. The molecule has 1 rings (SSSR count). The fourth-order valence-electron chi connectivity index (χ4n) is 3.13. The monoisotopic (exact) mass is 528 g/mol. The zero-order valence-electron chi connectivity index (χ0n) is 22.0. The molecule has 0 saturated carbocycles. The van der Waals surface area contributed by atoms with Gasteiger partial charge in [-0.2, -0.15) is 0 Å². The van der Waals surface area contributed by atoms with E-state index in [4.69, 9.17) is 9.47 Å². The Morgan fingerprint density at radius 1 is 0.684 bits per heavy atom. The average molecular weight is 529 g/mol. The number of rotatable bonds is 21. The maximum Gasteiger partial charge on any atom is 0.341 e. The van der Waals surface area contributed by atoms with Crippen LogP contribution < -0.4 is 26.0 Å². The Balaban J connectivity index is 2.61. The highest BCUT2D eigenvalue weighted by Crippen LogP contribution is 2.25. The van der Waals surface area contributed by atoms with Crippen molar-refractivity contribution >= 4 is 29.4 Å². The number of nitrogens with one attached hydrogen (secondary N) is 4. The number of carbonyl (C=O) groups excluding carboxylic acids is 4. The van der Waals surface area contributed by atoms with Crippen molar-refractivity contribution in [1.29, 1.82) is 0 Å². The quantitative estimate of drug-likeness (QED) is 0.109. The first kappa shape index (κ1) is 31.9. The van der Waals surface area contributed by atoms with Gasteiger partial charge in [0, 0.05) is 37.9 Å². The minimum Gasteiger partial charge on any atom is -0.493 e. The van der Waals surface area contributed by atoms with E-state index in [1.807, 2.05) is 0 Å². The van der Waals surface area contributed by atoms with Crippen LogP contribution in [-0.2, 0) is 19.1 Å². The summed E-state index contributed by atoms with van der Waals surface area (Å²) in [6.07, 6.45) is 7.97. The third-order valence-corrected chi connectivity index (χ3v) is 5.22. The molecule has 0 atom stereocenters. The number of carbonyl (C=O) groups is 4. The molecule has 10 heteroatoms. The molecule has 0 aromatic heterocycles. The summed E-state index contributed by atoms with van der Waals surface area (Å²) < 4.78 is 11.3. The molecule has 38 heavy (non-hydrogen) atoms. The van der Waals surface area contributed by atoms with Crippen LogP contribution in [0.25, 0.3) is 0 Å². The maximum absolute atomic E-state index is 12.7.